The molecule has 8 heteroatoms. The number of aliphatic hydroxyl groups is 1. The molecule has 2 aliphatic rings. The number of fused-ring (bicyclic) bond motifs is 1. The fourth-order valence-electron chi connectivity index (χ4n) is 3.46. The zero-order chi connectivity index (χ0) is 19.9. The average molecular weight is 403 g/mol. The molecule has 28 heavy (non-hydrogen) atoms. The Hall–Kier alpha value is -2.77. The third kappa shape index (κ3) is 3.39. The van der Waals surface area contributed by atoms with Crippen LogP contribution in [0.5, 0.6) is 11.5 Å². The van der Waals surface area contributed by atoms with Gasteiger partial charge in [0.15, 0.2) is 11.5 Å². The van der Waals surface area contributed by atoms with E-state index in [1.54, 1.807) is 43.3 Å². The van der Waals surface area contributed by atoms with Crippen molar-refractivity contribution in [3.63, 3.8) is 0 Å². The lowest BCUT2D eigenvalue weighted by Gasteiger charge is -2.23. The van der Waals surface area contributed by atoms with Crippen LogP contribution in [-0.4, -0.2) is 40.8 Å². The van der Waals surface area contributed by atoms with E-state index in [-0.39, 0.29) is 19.2 Å². The van der Waals surface area contributed by atoms with Gasteiger partial charge in [0.05, 0.1) is 12.6 Å². The molecule has 0 saturated carbocycles. The van der Waals surface area contributed by atoms with E-state index >= 15 is 0 Å². The Morgan fingerprint density at radius 3 is 2.64 bits per heavy atom. The van der Waals surface area contributed by atoms with Gasteiger partial charge in [-0.1, -0.05) is 29.8 Å². The van der Waals surface area contributed by atoms with Crippen LogP contribution in [0.1, 0.15) is 24.2 Å². The van der Waals surface area contributed by atoms with Crippen molar-refractivity contribution >= 4 is 23.5 Å². The number of nitrogens with zero attached hydrogens (tertiary/aromatic N) is 1. The van der Waals surface area contributed by atoms with Crippen molar-refractivity contribution in [3.05, 3.63) is 58.6 Å². The first kappa shape index (κ1) is 18.6. The third-order valence-corrected chi connectivity index (χ3v) is 5.20. The van der Waals surface area contributed by atoms with Gasteiger partial charge in [-0.15, -0.1) is 0 Å². The van der Waals surface area contributed by atoms with Gasteiger partial charge in [-0.05, 0) is 42.3 Å². The van der Waals surface area contributed by atoms with Gasteiger partial charge >= 0.3 is 6.03 Å². The van der Waals surface area contributed by atoms with Crippen LogP contribution in [0.2, 0.25) is 5.02 Å². The maximum absolute atomic E-state index is 13.0. The minimum absolute atomic E-state index is 0.136. The minimum atomic E-state index is -1.11. The molecule has 0 unspecified atom stereocenters. The quantitative estimate of drug-likeness (QED) is 0.751. The van der Waals surface area contributed by atoms with Gasteiger partial charge in [0, 0.05) is 11.4 Å². The maximum atomic E-state index is 13.0. The number of rotatable bonds is 5. The molecule has 4 rings (SSSR count). The molecule has 2 atom stereocenters. The van der Waals surface area contributed by atoms with Gasteiger partial charge < -0.3 is 19.9 Å². The van der Waals surface area contributed by atoms with E-state index in [2.05, 4.69) is 5.32 Å². The first-order chi connectivity index (χ1) is 13.4. The van der Waals surface area contributed by atoms with E-state index in [4.69, 9.17) is 21.1 Å². The van der Waals surface area contributed by atoms with Crippen LogP contribution < -0.4 is 14.8 Å². The summed E-state index contributed by atoms with van der Waals surface area (Å²) < 4.78 is 10.7. The lowest BCUT2D eigenvalue weighted by atomic mass is 9.92. The number of nitrogens with one attached hydrogen (secondary N) is 1. The second-order valence-corrected chi connectivity index (χ2v) is 7.55. The first-order valence-corrected chi connectivity index (χ1v) is 9.20. The number of halogens is 1. The monoisotopic (exact) mass is 402 g/mol. The van der Waals surface area contributed by atoms with E-state index in [1.165, 1.54) is 0 Å². The summed E-state index contributed by atoms with van der Waals surface area (Å²) in [4.78, 5) is 26.4. The van der Waals surface area contributed by atoms with Crippen molar-refractivity contribution in [2.75, 3.05) is 13.3 Å². The van der Waals surface area contributed by atoms with Gasteiger partial charge in [0.2, 0.25) is 6.79 Å². The van der Waals surface area contributed by atoms with Crippen LogP contribution in [-0.2, 0) is 11.2 Å². The molecule has 0 aromatic heterocycles. The maximum Gasteiger partial charge on any atom is 0.325 e. The number of amides is 3. The molecule has 3 amide bonds. The third-order valence-electron chi connectivity index (χ3n) is 4.95. The molecule has 146 valence electrons. The summed E-state index contributed by atoms with van der Waals surface area (Å²) in [6.07, 6.45) is -0.707. The molecule has 0 radical (unpaired) electrons. The molecule has 2 aromatic carbocycles. The number of benzene rings is 2. The predicted octanol–water partition coefficient (Wildman–Crippen LogP) is 2.66. The van der Waals surface area contributed by atoms with Crippen molar-refractivity contribution in [1.82, 2.24) is 10.2 Å². The Balaban J connectivity index is 1.48. The van der Waals surface area contributed by atoms with Gasteiger partial charge in [0.25, 0.3) is 5.91 Å². The predicted molar refractivity (Wildman–Crippen MR) is 101 cm³/mol. The van der Waals surface area contributed by atoms with Crippen LogP contribution in [0.3, 0.4) is 0 Å². The molecule has 2 aliphatic heterocycles. The molecule has 0 aliphatic carbocycles. The van der Waals surface area contributed by atoms with Crippen molar-refractivity contribution in [3.8, 4) is 11.5 Å². The van der Waals surface area contributed by atoms with Crippen LogP contribution >= 0.6 is 11.6 Å². The van der Waals surface area contributed by atoms with Crippen LogP contribution in [0.15, 0.2) is 42.5 Å². The van der Waals surface area contributed by atoms with Crippen LogP contribution in [0, 0.1) is 0 Å². The normalized spacial score (nSPS) is 21.8. The molecule has 1 saturated heterocycles. The van der Waals surface area contributed by atoms with E-state index in [0.717, 1.165) is 10.5 Å². The molecule has 0 spiro atoms. The summed E-state index contributed by atoms with van der Waals surface area (Å²) in [5, 5.41) is 13.7. The number of hydrogen-bond donors (Lipinski definition) is 2. The summed E-state index contributed by atoms with van der Waals surface area (Å²) in [5.41, 5.74) is 0.305. The van der Waals surface area contributed by atoms with Gasteiger partial charge in [0.1, 0.15) is 5.54 Å². The molecule has 7 nitrogen and oxygen atoms in total. The molecule has 0 bridgehead atoms. The number of imide groups is 1. The Morgan fingerprint density at radius 2 is 1.89 bits per heavy atom. The van der Waals surface area contributed by atoms with Crippen molar-refractivity contribution < 1.29 is 24.2 Å². The van der Waals surface area contributed by atoms with E-state index in [0.29, 0.717) is 28.5 Å². The zero-order valence-electron chi connectivity index (χ0n) is 15.1. The topological polar surface area (TPSA) is 88.1 Å². The zero-order valence-corrected chi connectivity index (χ0v) is 15.9. The standard InChI is InChI=1S/C20H19ClN2O5/c1-20(9-12-2-7-16-17(8-12)28-11-27-16)18(25)23(19(26)22-20)10-15(24)13-3-5-14(21)6-4-13/h2-8,15,24H,9-11H2,1H3,(H,22,26)/t15-,20-/m1/s1. The fourth-order valence-corrected chi connectivity index (χ4v) is 3.58. The summed E-state index contributed by atoms with van der Waals surface area (Å²) >= 11 is 5.86. The molecule has 2 N–H and O–H groups in total. The Bertz CT molecular complexity index is 933. The second kappa shape index (κ2) is 7.00. The Morgan fingerprint density at radius 1 is 1.18 bits per heavy atom. The summed E-state index contributed by atoms with van der Waals surface area (Å²) in [5.74, 6) is 0.888. The SMILES string of the molecule is C[C@]1(Cc2ccc3c(c2)OCO3)NC(=O)N(C[C@@H](O)c2ccc(Cl)cc2)C1=O. The molecular weight excluding hydrogens is 384 g/mol. The smallest absolute Gasteiger partial charge is 0.325 e. The number of carbonyl (C=O) groups excluding carboxylic acids is 2. The second-order valence-electron chi connectivity index (χ2n) is 7.11. The number of aliphatic hydroxyl groups excluding tert-OH is 1. The lowest BCUT2D eigenvalue weighted by Crippen LogP contribution is -2.46. The van der Waals surface area contributed by atoms with Crippen molar-refractivity contribution in [2.24, 2.45) is 0 Å². The summed E-state index contributed by atoms with van der Waals surface area (Å²) in [7, 11) is 0. The highest BCUT2D eigenvalue weighted by atomic mass is 35.5. The van der Waals surface area contributed by atoms with Gasteiger partial charge in [-0.3, -0.25) is 9.69 Å². The van der Waals surface area contributed by atoms with Gasteiger partial charge in [-0.2, -0.15) is 0 Å². The number of β-amino-alcohol motifs (C(OH)–C–C–N with tert-alkyl or cyclic N) is 1. The van der Waals surface area contributed by atoms with Crippen molar-refractivity contribution in [1.29, 1.82) is 0 Å². The summed E-state index contributed by atoms with van der Waals surface area (Å²) in [6.45, 7) is 1.71. The first-order valence-electron chi connectivity index (χ1n) is 8.82. The Labute approximate surface area is 166 Å². The van der Waals surface area contributed by atoms with Crippen LogP contribution in [0.4, 0.5) is 4.79 Å². The highest BCUT2D eigenvalue weighted by molar-refractivity contribution is 6.30. The molecular formula is C20H19ClN2O5. The van der Waals surface area contributed by atoms with E-state index in [1.807, 2.05) is 6.07 Å². The highest BCUT2D eigenvalue weighted by Gasteiger charge is 2.48. The molecule has 2 heterocycles. The van der Waals surface area contributed by atoms with Crippen LogP contribution in [0.25, 0.3) is 0 Å². The summed E-state index contributed by atoms with van der Waals surface area (Å²) in [6, 6.07) is 11.5. The highest BCUT2D eigenvalue weighted by Crippen LogP contribution is 2.34. The number of urea groups is 1. The van der Waals surface area contributed by atoms with E-state index in [9.17, 15) is 14.7 Å². The lowest BCUT2D eigenvalue weighted by molar-refractivity contribution is -0.131. The largest absolute Gasteiger partial charge is 0.454 e. The number of ether oxygens (including phenoxy) is 2. The number of carbonyl (C=O) groups is 2. The minimum Gasteiger partial charge on any atom is -0.454 e. The van der Waals surface area contributed by atoms with Crippen molar-refractivity contribution in [2.45, 2.75) is 25.0 Å². The molecule has 2 aromatic rings. The molecule has 1 fully saturated rings. The average Bonchev–Trinajstić information content (AvgIpc) is 3.20. The van der Waals surface area contributed by atoms with Gasteiger partial charge in [-0.25, -0.2) is 4.79 Å². The Kier molecular flexibility index (Phi) is 4.64. The van der Waals surface area contributed by atoms with E-state index < -0.39 is 17.7 Å². The fraction of sp³-hybridized carbons (Fsp3) is 0.300. The number of hydrogen-bond acceptors (Lipinski definition) is 5.